The highest BCUT2D eigenvalue weighted by Crippen LogP contribution is 2.35. The van der Waals surface area contributed by atoms with E-state index in [0.29, 0.717) is 27.9 Å². The molecule has 0 fully saturated rings. The molecule has 1 aliphatic heterocycles. The molecule has 0 N–H and O–H groups in total. The van der Waals surface area contributed by atoms with E-state index >= 15 is 0 Å². The minimum Gasteiger partial charge on any atom is -0.454 e. The number of hydrogen-bond acceptors (Lipinski definition) is 6. The molecule has 0 spiro atoms. The lowest BCUT2D eigenvalue weighted by atomic mass is 9.90. The van der Waals surface area contributed by atoms with Crippen molar-refractivity contribution in [1.82, 2.24) is 4.57 Å². The third-order valence-corrected chi connectivity index (χ3v) is 7.43. The maximum Gasteiger partial charge on any atom is 0.348 e. The SMILES string of the molecule is Cc1cc(C(=O)COC(=O)c2cc3c(s2)CCC(C)C3)c(C)n1-c1ccc2c(c1)OCO2. The van der Waals surface area contributed by atoms with E-state index in [-0.39, 0.29) is 19.2 Å². The van der Waals surface area contributed by atoms with Crippen molar-refractivity contribution in [2.45, 2.75) is 40.0 Å². The summed E-state index contributed by atoms with van der Waals surface area (Å²) in [6.45, 7) is 6.00. The summed E-state index contributed by atoms with van der Waals surface area (Å²) >= 11 is 1.50. The van der Waals surface area contributed by atoms with Gasteiger partial charge in [-0.2, -0.15) is 0 Å². The van der Waals surface area contributed by atoms with Crippen molar-refractivity contribution in [3.63, 3.8) is 0 Å². The number of carbonyl (C=O) groups is 2. The average molecular weight is 452 g/mol. The number of rotatable bonds is 5. The van der Waals surface area contributed by atoms with Crippen LogP contribution in [0.1, 0.15) is 55.2 Å². The molecule has 32 heavy (non-hydrogen) atoms. The smallest absolute Gasteiger partial charge is 0.348 e. The Balaban J connectivity index is 1.30. The molecule has 3 aromatic rings. The van der Waals surface area contributed by atoms with Gasteiger partial charge in [-0.15, -0.1) is 11.3 Å². The summed E-state index contributed by atoms with van der Waals surface area (Å²) in [6.07, 6.45) is 3.17. The van der Waals surface area contributed by atoms with Crippen molar-refractivity contribution in [3.05, 3.63) is 62.6 Å². The molecule has 0 radical (unpaired) electrons. The van der Waals surface area contributed by atoms with E-state index in [1.807, 2.05) is 48.7 Å². The summed E-state index contributed by atoms with van der Waals surface area (Å²) in [5, 5.41) is 0. The molecular formula is C25H25NO5S. The minimum absolute atomic E-state index is 0.212. The number of aryl methyl sites for hydroxylation is 2. The Labute approximate surface area is 190 Å². The number of thiophene rings is 1. The maximum atomic E-state index is 12.9. The molecule has 2 aromatic heterocycles. The highest BCUT2D eigenvalue weighted by Gasteiger charge is 2.23. The Morgan fingerprint density at radius 1 is 1.16 bits per heavy atom. The standard InChI is InChI=1S/C25H25NO5S/c1-14-4-7-23-17(8-14)10-24(32-23)25(28)29-12-20(27)19-9-15(2)26(16(19)3)18-5-6-21-22(11-18)31-13-30-21/h5-6,9-11,14H,4,7-8,12-13H2,1-3H3. The van der Waals surface area contributed by atoms with E-state index in [1.54, 1.807) is 0 Å². The minimum atomic E-state index is -0.421. The van der Waals surface area contributed by atoms with Crippen LogP contribution in [0.15, 0.2) is 30.3 Å². The normalized spacial score (nSPS) is 16.7. The molecule has 1 unspecified atom stereocenters. The number of benzene rings is 1. The van der Waals surface area contributed by atoms with Gasteiger partial charge in [0.1, 0.15) is 4.88 Å². The van der Waals surface area contributed by atoms with Crippen molar-refractivity contribution < 1.29 is 23.8 Å². The Morgan fingerprint density at radius 2 is 1.97 bits per heavy atom. The van der Waals surface area contributed by atoms with Crippen LogP contribution < -0.4 is 9.47 Å². The van der Waals surface area contributed by atoms with E-state index in [2.05, 4.69) is 6.92 Å². The lowest BCUT2D eigenvalue weighted by Crippen LogP contribution is -2.14. The fourth-order valence-corrected chi connectivity index (χ4v) is 5.66. The number of aromatic nitrogens is 1. The third-order valence-electron chi connectivity index (χ3n) is 6.21. The van der Waals surface area contributed by atoms with Crippen LogP contribution in [-0.4, -0.2) is 29.7 Å². The van der Waals surface area contributed by atoms with Crippen LogP contribution in [0.2, 0.25) is 0 Å². The Kier molecular flexibility index (Phi) is 5.29. The summed E-state index contributed by atoms with van der Waals surface area (Å²) in [6, 6.07) is 9.47. The van der Waals surface area contributed by atoms with Gasteiger partial charge in [0.05, 0.1) is 0 Å². The van der Waals surface area contributed by atoms with Crippen molar-refractivity contribution in [2.24, 2.45) is 5.92 Å². The first-order chi connectivity index (χ1) is 15.4. The Morgan fingerprint density at radius 3 is 2.81 bits per heavy atom. The van der Waals surface area contributed by atoms with Gasteiger partial charge < -0.3 is 18.8 Å². The molecule has 1 aliphatic carbocycles. The molecular weight excluding hydrogens is 426 g/mol. The molecule has 2 aliphatic rings. The molecule has 0 bridgehead atoms. The number of hydrogen-bond donors (Lipinski definition) is 0. The molecule has 6 nitrogen and oxygen atoms in total. The number of fused-ring (bicyclic) bond motifs is 2. The van der Waals surface area contributed by atoms with Crippen LogP contribution in [0, 0.1) is 19.8 Å². The van der Waals surface area contributed by atoms with Crippen LogP contribution in [-0.2, 0) is 17.6 Å². The molecule has 5 rings (SSSR count). The van der Waals surface area contributed by atoms with E-state index in [0.717, 1.165) is 36.3 Å². The van der Waals surface area contributed by atoms with Crippen molar-refractivity contribution in [3.8, 4) is 17.2 Å². The zero-order valence-corrected chi connectivity index (χ0v) is 19.2. The van der Waals surface area contributed by atoms with Crippen LogP contribution >= 0.6 is 11.3 Å². The fraction of sp³-hybridized carbons (Fsp3) is 0.360. The van der Waals surface area contributed by atoms with Crippen molar-refractivity contribution >= 4 is 23.1 Å². The zero-order valence-electron chi connectivity index (χ0n) is 18.4. The van der Waals surface area contributed by atoms with Gasteiger partial charge in [0, 0.05) is 33.6 Å². The zero-order chi connectivity index (χ0) is 22.4. The van der Waals surface area contributed by atoms with Gasteiger partial charge in [-0.05, 0) is 68.9 Å². The molecule has 0 saturated carbocycles. The number of nitrogens with zero attached hydrogens (tertiary/aromatic N) is 1. The van der Waals surface area contributed by atoms with Crippen LogP contribution in [0.3, 0.4) is 0 Å². The topological polar surface area (TPSA) is 66.8 Å². The average Bonchev–Trinajstić information content (AvgIpc) is 3.48. The number of esters is 1. The molecule has 0 amide bonds. The Hall–Kier alpha value is -3.06. The molecule has 0 saturated heterocycles. The van der Waals surface area contributed by atoms with Crippen molar-refractivity contribution in [2.75, 3.05) is 13.4 Å². The molecule has 7 heteroatoms. The van der Waals surface area contributed by atoms with E-state index in [4.69, 9.17) is 14.2 Å². The predicted molar refractivity (Wildman–Crippen MR) is 121 cm³/mol. The lowest BCUT2D eigenvalue weighted by molar-refractivity contribution is 0.0479. The fourth-order valence-electron chi connectivity index (χ4n) is 4.55. The van der Waals surface area contributed by atoms with E-state index < -0.39 is 5.97 Å². The maximum absolute atomic E-state index is 12.9. The number of carbonyl (C=O) groups excluding carboxylic acids is 2. The first-order valence-corrected chi connectivity index (χ1v) is 11.6. The van der Waals surface area contributed by atoms with Gasteiger partial charge in [-0.1, -0.05) is 6.92 Å². The number of ether oxygens (including phenoxy) is 3. The van der Waals surface area contributed by atoms with Gasteiger partial charge >= 0.3 is 5.97 Å². The predicted octanol–water partition coefficient (Wildman–Crippen LogP) is 5.05. The Bertz CT molecular complexity index is 1220. The second-order valence-corrected chi connectivity index (χ2v) is 9.70. The first-order valence-electron chi connectivity index (χ1n) is 10.8. The largest absolute Gasteiger partial charge is 0.454 e. The lowest BCUT2D eigenvalue weighted by Gasteiger charge is -2.16. The van der Waals surface area contributed by atoms with E-state index in [1.165, 1.54) is 21.8 Å². The van der Waals surface area contributed by atoms with Gasteiger partial charge in [0.2, 0.25) is 12.6 Å². The number of ketones is 1. The highest BCUT2D eigenvalue weighted by molar-refractivity contribution is 7.14. The molecule has 1 aromatic carbocycles. The monoisotopic (exact) mass is 451 g/mol. The molecule has 1 atom stereocenters. The van der Waals surface area contributed by atoms with Gasteiger partial charge in [0.15, 0.2) is 18.1 Å². The highest BCUT2D eigenvalue weighted by atomic mass is 32.1. The van der Waals surface area contributed by atoms with Crippen molar-refractivity contribution in [1.29, 1.82) is 0 Å². The summed E-state index contributed by atoms with van der Waals surface area (Å²) in [7, 11) is 0. The third kappa shape index (κ3) is 3.71. The molecule has 3 heterocycles. The summed E-state index contributed by atoms with van der Waals surface area (Å²) in [4.78, 5) is 27.3. The van der Waals surface area contributed by atoms with Crippen LogP contribution in [0.5, 0.6) is 11.5 Å². The molecule has 166 valence electrons. The van der Waals surface area contributed by atoms with Gasteiger partial charge in [-0.25, -0.2) is 4.79 Å². The van der Waals surface area contributed by atoms with Gasteiger partial charge in [0.25, 0.3) is 0 Å². The first kappa shape index (κ1) is 20.8. The summed E-state index contributed by atoms with van der Waals surface area (Å²) < 4.78 is 18.2. The summed E-state index contributed by atoms with van der Waals surface area (Å²) in [5.74, 6) is 1.40. The van der Waals surface area contributed by atoms with Crippen LogP contribution in [0.4, 0.5) is 0 Å². The van der Waals surface area contributed by atoms with Gasteiger partial charge in [-0.3, -0.25) is 4.79 Å². The second-order valence-electron chi connectivity index (χ2n) is 8.56. The quantitative estimate of drug-likeness (QED) is 0.401. The van der Waals surface area contributed by atoms with E-state index in [9.17, 15) is 9.59 Å². The second kappa shape index (κ2) is 8.13. The summed E-state index contributed by atoms with van der Waals surface area (Å²) in [5.41, 5.74) is 4.39. The number of Topliss-reactive ketones (excluding diaryl/α,β-unsaturated/α-hetero) is 1. The van der Waals surface area contributed by atoms with Crippen LogP contribution in [0.25, 0.3) is 5.69 Å².